The molecule has 0 amide bonds. The molecule has 2 heterocycles. The van der Waals surface area contributed by atoms with Gasteiger partial charge < -0.3 is 4.74 Å². The van der Waals surface area contributed by atoms with Crippen molar-refractivity contribution in [2.24, 2.45) is 0 Å². The normalized spacial score (nSPS) is 12.1. The van der Waals surface area contributed by atoms with Crippen LogP contribution in [0, 0.1) is 0 Å². The van der Waals surface area contributed by atoms with Gasteiger partial charge in [0.1, 0.15) is 4.60 Å². The Kier molecular flexibility index (Phi) is 4.44. The van der Waals surface area contributed by atoms with Crippen molar-refractivity contribution >= 4 is 32.8 Å². The van der Waals surface area contributed by atoms with Crippen molar-refractivity contribution < 1.29 is 9.53 Å². The molecule has 0 saturated heterocycles. The van der Waals surface area contributed by atoms with Crippen molar-refractivity contribution in [3.05, 3.63) is 68.9 Å². The van der Waals surface area contributed by atoms with Gasteiger partial charge in [-0.15, -0.1) is 0 Å². The summed E-state index contributed by atoms with van der Waals surface area (Å²) in [6.07, 6.45) is 3.01. The summed E-state index contributed by atoms with van der Waals surface area (Å²) >= 11 is 3.27. The number of rotatable bonds is 3. The molecule has 2 aromatic heterocycles. The zero-order valence-corrected chi connectivity index (χ0v) is 14.6. The molecule has 24 heavy (non-hydrogen) atoms. The molecule has 7 heteroatoms. The third-order valence-electron chi connectivity index (χ3n) is 3.84. The number of benzene rings is 1. The molecule has 122 valence electrons. The number of methoxy groups -OCH3 is 1. The second kappa shape index (κ2) is 6.52. The lowest BCUT2D eigenvalue weighted by Crippen LogP contribution is -2.24. The lowest BCUT2D eigenvalue weighted by atomic mass is 10.0. The van der Waals surface area contributed by atoms with E-state index in [2.05, 4.69) is 25.9 Å². The van der Waals surface area contributed by atoms with Gasteiger partial charge in [-0.05, 0) is 46.6 Å². The maximum Gasteiger partial charge on any atom is 0.337 e. The van der Waals surface area contributed by atoms with Gasteiger partial charge in [0.15, 0.2) is 0 Å². The highest BCUT2D eigenvalue weighted by molar-refractivity contribution is 9.10. The molecule has 0 aliphatic heterocycles. The maximum absolute atomic E-state index is 12.7. The van der Waals surface area contributed by atoms with E-state index < -0.39 is 5.97 Å². The first-order valence-corrected chi connectivity index (χ1v) is 8.01. The number of fused-ring (bicyclic) bond motifs is 1. The minimum absolute atomic E-state index is 0.184. The Morgan fingerprint density at radius 1 is 1.29 bits per heavy atom. The lowest BCUT2D eigenvalue weighted by Gasteiger charge is -2.16. The molecular weight excluding hydrogens is 374 g/mol. The molecule has 0 saturated carbocycles. The van der Waals surface area contributed by atoms with Crippen LogP contribution in [0.15, 0.2) is 52.3 Å². The first kappa shape index (κ1) is 16.3. The molecule has 0 bridgehead atoms. The number of halogens is 1. The summed E-state index contributed by atoms with van der Waals surface area (Å²) in [5.41, 5.74) is 1.64. The van der Waals surface area contributed by atoms with E-state index in [0.717, 1.165) is 5.56 Å². The van der Waals surface area contributed by atoms with Gasteiger partial charge in [-0.1, -0.05) is 12.1 Å². The van der Waals surface area contributed by atoms with Crippen LogP contribution in [-0.2, 0) is 4.74 Å². The molecule has 0 radical (unpaired) electrons. The molecule has 3 aromatic rings. The van der Waals surface area contributed by atoms with Crippen molar-refractivity contribution in [2.75, 3.05) is 7.11 Å². The fourth-order valence-electron chi connectivity index (χ4n) is 2.49. The first-order valence-electron chi connectivity index (χ1n) is 7.22. The summed E-state index contributed by atoms with van der Waals surface area (Å²) in [6.45, 7) is 1.87. The van der Waals surface area contributed by atoms with E-state index in [1.54, 1.807) is 24.3 Å². The summed E-state index contributed by atoms with van der Waals surface area (Å²) in [5.74, 6) is -0.415. The summed E-state index contributed by atoms with van der Waals surface area (Å²) in [7, 11) is 1.33. The molecule has 0 fully saturated rings. The predicted molar refractivity (Wildman–Crippen MR) is 93.1 cm³/mol. The van der Waals surface area contributed by atoms with Crippen molar-refractivity contribution in [3.8, 4) is 0 Å². The second-order valence-corrected chi connectivity index (χ2v) is 6.09. The number of hydrogen-bond acceptors (Lipinski definition) is 5. The molecule has 0 spiro atoms. The summed E-state index contributed by atoms with van der Waals surface area (Å²) in [4.78, 5) is 32.8. The molecule has 1 aromatic carbocycles. The van der Waals surface area contributed by atoms with Gasteiger partial charge in [-0.3, -0.25) is 9.36 Å². The van der Waals surface area contributed by atoms with Gasteiger partial charge in [-0.2, -0.15) is 0 Å². The van der Waals surface area contributed by atoms with Gasteiger partial charge in [0.2, 0.25) is 0 Å². The van der Waals surface area contributed by atoms with Crippen LogP contribution in [0.2, 0.25) is 0 Å². The Labute approximate surface area is 146 Å². The van der Waals surface area contributed by atoms with Crippen LogP contribution in [0.3, 0.4) is 0 Å². The highest BCUT2D eigenvalue weighted by Crippen LogP contribution is 2.19. The van der Waals surface area contributed by atoms with E-state index in [9.17, 15) is 9.59 Å². The number of esters is 1. The third-order valence-corrected chi connectivity index (χ3v) is 4.28. The average molecular weight is 388 g/mol. The van der Waals surface area contributed by atoms with Crippen molar-refractivity contribution in [1.29, 1.82) is 0 Å². The summed E-state index contributed by atoms with van der Waals surface area (Å²) in [5, 5.41) is 0.441. The average Bonchev–Trinajstić information content (AvgIpc) is 2.60. The van der Waals surface area contributed by atoms with E-state index in [1.165, 1.54) is 24.2 Å². The largest absolute Gasteiger partial charge is 0.465 e. The Bertz CT molecular complexity index is 984. The third kappa shape index (κ3) is 2.94. The molecule has 0 unspecified atom stereocenters. The second-order valence-electron chi connectivity index (χ2n) is 5.27. The van der Waals surface area contributed by atoms with E-state index in [1.807, 2.05) is 13.0 Å². The minimum Gasteiger partial charge on any atom is -0.465 e. The van der Waals surface area contributed by atoms with Crippen molar-refractivity contribution in [3.63, 3.8) is 0 Å². The summed E-state index contributed by atoms with van der Waals surface area (Å²) in [6, 6.07) is 8.41. The van der Waals surface area contributed by atoms with Gasteiger partial charge in [-0.25, -0.2) is 14.8 Å². The van der Waals surface area contributed by atoms with Crippen LogP contribution in [-0.4, -0.2) is 27.6 Å². The summed E-state index contributed by atoms with van der Waals surface area (Å²) < 4.78 is 6.88. The van der Waals surface area contributed by atoms with E-state index in [0.29, 0.717) is 21.1 Å². The van der Waals surface area contributed by atoms with Crippen molar-refractivity contribution in [2.45, 2.75) is 13.0 Å². The molecule has 3 rings (SSSR count). The van der Waals surface area contributed by atoms with E-state index in [-0.39, 0.29) is 11.6 Å². The number of ether oxygens (including phenoxy) is 1. The van der Waals surface area contributed by atoms with Gasteiger partial charge in [0, 0.05) is 6.20 Å². The van der Waals surface area contributed by atoms with Gasteiger partial charge in [0.25, 0.3) is 5.56 Å². The highest BCUT2D eigenvalue weighted by Gasteiger charge is 2.14. The monoisotopic (exact) mass is 387 g/mol. The number of aromatic nitrogens is 3. The first-order chi connectivity index (χ1) is 11.5. The topological polar surface area (TPSA) is 74.1 Å². The van der Waals surface area contributed by atoms with E-state index >= 15 is 0 Å². The number of nitrogens with zero attached hydrogens (tertiary/aromatic N) is 3. The van der Waals surface area contributed by atoms with Crippen LogP contribution >= 0.6 is 15.9 Å². The molecule has 6 nitrogen and oxygen atoms in total. The predicted octanol–water partition coefficient (Wildman–Crippen LogP) is 2.95. The molecular formula is C17H14BrN3O3. The Balaban J connectivity index is 2.07. The van der Waals surface area contributed by atoms with Crippen LogP contribution in [0.5, 0.6) is 0 Å². The maximum atomic E-state index is 12.7. The Morgan fingerprint density at radius 3 is 2.83 bits per heavy atom. The van der Waals surface area contributed by atoms with Gasteiger partial charge in [0.05, 0.1) is 35.9 Å². The van der Waals surface area contributed by atoms with Crippen LogP contribution < -0.4 is 5.56 Å². The van der Waals surface area contributed by atoms with Crippen LogP contribution in [0.1, 0.15) is 28.9 Å². The molecule has 0 aliphatic rings. The highest BCUT2D eigenvalue weighted by atomic mass is 79.9. The number of carbonyl (C=O) groups excluding carboxylic acids is 1. The number of hydrogen-bond donors (Lipinski definition) is 0. The smallest absolute Gasteiger partial charge is 0.337 e. The Morgan fingerprint density at radius 2 is 2.08 bits per heavy atom. The van der Waals surface area contributed by atoms with E-state index in [4.69, 9.17) is 4.74 Å². The minimum atomic E-state index is -0.415. The van der Waals surface area contributed by atoms with Crippen LogP contribution in [0.25, 0.3) is 10.9 Å². The fraction of sp³-hybridized carbons (Fsp3) is 0.176. The van der Waals surface area contributed by atoms with Crippen molar-refractivity contribution in [1.82, 2.24) is 14.5 Å². The zero-order chi connectivity index (χ0) is 17.3. The van der Waals surface area contributed by atoms with Crippen LogP contribution in [0.4, 0.5) is 0 Å². The standard InChI is InChI=1S/C17H14BrN3O3/c1-10(11-4-3-5-12(6-11)17(23)24-2)21-9-20-14-7-15(18)19-8-13(14)16(21)22/h3-10H,1-2H3/t10-/m1/s1. The molecule has 0 aliphatic carbocycles. The quantitative estimate of drug-likeness (QED) is 0.510. The Hall–Kier alpha value is -2.54. The van der Waals surface area contributed by atoms with Gasteiger partial charge >= 0.3 is 5.97 Å². The fourth-order valence-corrected chi connectivity index (χ4v) is 2.81. The lowest BCUT2D eigenvalue weighted by molar-refractivity contribution is 0.0600. The number of pyridine rings is 1. The SMILES string of the molecule is COC(=O)c1cccc([C@@H](C)n2cnc3cc(Br)ncc3c2=O)c1. The molecule has 0 N–H and O–H groups in total. The number of carbonyl (C=O) groups is 1. The molecule has 1 atom stereocenters. The zero-order valence-electron chi connectivity index (χ0n) is 13.1.